The Morgan fingerprint density at radius 1 is 1.08 bits per heavy atom. The lowest BCUT2D eigenvalue weighted by Gasteiger charge is -2.32. The van der Waals surface area contributed by atoms with Crippen molar-refractivity contribution in [2.75, 3.05) is 51.3 Å². The zero-order valence-corrected chi connectivity index (χ0v) is 14.8. The molecule has 1 aromatic heterocycles. The minimum atomic E-state index is 0.507. The molecule has 4 rings (SSSR count). The molecule has 0 saturated carbocycles. The van der Waals surface area contributed by atoms with Crippen LogP contribution >= 0.6 is 0 Å². The van der Waals surface area contributed by atoms with Crippen molar-refractivity contribution in [2.45, 2.75) is 44.6 Å². The van der Waals surface area contributed by atoms with E-state index in [1.165, 1.54) is 43.5 Å². The lowest BCUT2D eigenvalue weighted by atomic mass is 9.96. The molecule has 0 radical (unpaired) electrons. The van der Waals surface area contributed by atoms with Crippen LogP contribution in [0.1, 0.15) is 36.9 Å². The Kier molecular flexibility index (Phi) is 4.85. The van der Waals surface area contributed by atoms with Gasteiger partial charge >= 0.3 is 6.01 Å². The van der Waals surface area contributed by atoms with Gasteiger partial charge in [-0.15, -0.1) is 0 Å². The Balaban J connectivity index is 1.55. The molecule has 1 aliphatic carbocycles. The summed E-state index contributed by atoms with van der Waals surface area (Å²) in [7, 11) is 2.18. The molecule has 0 aromatic carbocycles. The number of ether oxygens (including phenoxy) is 1. The highest BCUT2D eigenvalue weighted by atomic mass is 16.5. The summed E-state index contributed by atoms with van der Waals surface area (Å²) in [6.07, 6.45) is 7.14. The van der Waals surface area contributed by atoms with Crippen molar-refractivity contribution < 1.29 is 4.74 Å². The van der Waals surface area contributed by atoms with E-state index in [9.17, 15) is 0 Å². The summed E-state index contributed by atoms with van der Waals surface area (Å²) in [6, 6.07) is 1.09. The number of fused-ring (bicyclic) bond motifs is 1. The van der Waals surface area contributed by atoms with E-state index in [1.54, 1.807) is 0 Å². The van der Waals surface area contributed by atoms with E-state index in [-0.39, 0.29) is 0 Å². The Morgan fingerprint density at radius 3 is 2.71 bits per heavy atom. The second kappa shape index (κ2) is 7.23. The number of hydrogen-bond acceptors (Lipinski definition) is 6. The minimum Gasteiger partial charge on any atom is -0.462 e. The van der Waals surface area contributed by atoms with Crippen molar-refractivity contribution in [1.29, 1.82) is 0 Å². The maximum Gasteiger partial charge on any atom is 0.318 e. The third kappa shape index (κ3) is 3.35. The highest BCUT2D eigenvalue weighted by molar-refractivity contribution is 5.51. The second-order valence-corrected chi connectivity index (χ2v) is 7.29. The molecule has 2 aliphatic heterocycles. The average molecular weight is 331 g/mol. The predicted octanol–water partition coefficient (Wildman–Crippen LogP) is 1.24. The summed E-state index contributed by atoms with van der Waals surface area (Å²) in [5.41, 5.74) is 2.59. The Hall–Kier alpha value is -1.40. The molecule has 0 unspecified atom stereocenters. The number of anilines is 1. The quantitative estimate of drug-likeness (QED) is 0.896. The normalized spacial score (nSPS) is 24.9. The number of hydrogen-bond donors (Lipinski definition) is 1. The standard InChI is InChI=1S/C18H29N5O/c1-22-10-4-5-14(22)13-24-18-20-16-7-3-2-6-15(16)17(21-18)23-11-8-19-9-12-23/h14,19H,2-13H2,1H3/t14-/m0/s1. The molecule has 1 aromatic rings. The van der Waals surface area contributed by atoms with E-state index >= 15 is 0 Å². The van der Waals surface area contributed by atoms with E-state index in [1.807, 2.05) is 0 Å². The van der Waals surface area contributed by atoms with Crippen LogP contribution in [0.15, 0.2) is 0 Å². The number of aromatic nitrogens is 2. The van der Waals surface area contributed by atoms with Gasteiger partial charge in [0.25, 0.3) is 0 Å². The van der Waals surface area contributed by atoms with Crippen LogP contribution in [0.4, 0.5) is 5.82 Å². The van der Waals surface area contributed by atoms with Gasteiger partial charge in [0.05, 0.1) is 5.69 Å². The number of likely N-dealkylation sites (tertiary alicyclic amines) is 1. The number of likely N-dealkylation sites (N-methyl/N-ethyl adjacent to an activating group) is 1. The minimum absolute atomic E-state index is 0.507. The van der Waals surface area contributed by atoms with Crippen molar-refractivity contribution in [3.8, 4) is 6.01 Å². The van der Waals surface area contributed by atoms with Gasteiger partial charge in [-0.3, -0.25) is 0 Å². The van der Waals surface area contributed by atoms with Gasteiger partial charge in [0.1, 0.15) is 12.4 Å². The highest BCUT2D eigenvalue weighted by Crippen LogP contribution is 2.30. The van der Waals surface area contributed by atoms with E-state index in [2.05, 4.69) is 22.2 Å². The monoisotopic (exact) mass is 331 g/mol. The lowest BCUT2D eigenvalue weighted by Crippen LogP contribution is -2.44. The smallest absolute Gasteiger partial charge is 0.318 e. The van der Waals surface area contributed by atoms with Crippen LogP contribution in [-0.4, -0.2) is 67.3 Å². The van der Waals surface area contributed by atoms with Gasteiger partial charge in [0.2, 0.25) is 0 Å². The van der Waals surface area contributed by atoms with Gasteiger partial charge in [-0.05, 0) is 52.1 Å². The van der Waals surface area contributed by atoms with Crippen LogP contribution in [0.25, 0.3) is 0 Å². The van der Waals surface area contributed by atoms with Crippen LogP contribution in [0, 0.1) is 0 Å². The molecule has 0 spiro atoms. The van der Waals surface area contributed by atoms with E-state index < -0.39 is 0 Å². The van der Waals surface area contributed by atoms with E-state index in [0.717, 1.165) is 44.8 Å². The molecule has 3 heterocycles. The molecule has 132 valence electrons. The Labute approximate surface area is 144 Å². The number of nitrogens with one attached hydrogen (secondary N) is 1. The highest BCUT2D eigenvalue weighted by Gasteiger charge is 2.25. The number of piperazine rings is 1. The van der Waals surface area contributed by atoms with Gasteiger partial charge in [0, 0.05) is 37.8 Å². The fraction of sp³-hybridized carbons (Fsp3) is 0.778. The summed E-state index contributed by atoms with van der Waals surface area (Å²) >= 11 is 0. The molecule has 1 atom stereocenters. The first-order chi connectivity index (χ1) is 11.8. The van der Waals surface area contributed by atoms with Crippen LogP contribution in [0.5, 0.6) is 6.01 Å². The molecule has 6 nitrogen and oxygen atoms in total. The number of rotatable bonds is 4. The SMILES string of the molecule is CN1CCC[C@H]1COc1nc2c(c(N3CCNCC3)n1)CCCC2. The summed E-state index contributed by atoms with van der Waals surface area (Å²) in [5.74, 6) is 1.14. The zero-order chi connectivity index (χ0) is 16.4. The topological polar surface area (TPSA) is 53.5 Å². The van der Waals surface area contributed by atoms with Crippen molar-refractivity contribution in [3.05, 3.63) is 11.3 Å². The fourth-order valence-electron chi connectivity index (χ4n) is 4.12. The zero-order valence-electron chi connectivity index (χ0n) is 14.8. The molecule has 2 fully saturated rings. The molecule has 0 amide bonds. The first-order valence-electron chi connectivity index (χ1n) is 9.50. The molecule has 0 bridgehead atoms. The molecule has 6 heteroatoms. The van der Waals surface area contributed by atoms with Gasteiger partial charge in [0.15, 0.2) is 0 Å². The maximum atomic E-state index is 6.05. The van der Waals surface area contributed by atoms with Crippen molar-refractivity contribution in [1.82, 2.24) is 20.2 Å². The number of aryl methyl sites for hydroxylation is 1. The molecule has 24 heavy (non-hydrogen) atoms. The van der Waals surface area contributed by atoms with E-state index in [4.69, 9.17) is 14.7 Å². The molecular weight excluding hydrogens is 302 g/mol. The van der Waals surface area contributed by atoms with E-state index in [0.29, 0.717) is 18.7 Å². The van der Waals surface area contributed by atoms with Gasteiger partial charge in [-0.2, -0.15) is 9.97 Å². The third-order valence-electron chi connectivity index (χ3n) is 5.63. The predicted molar refractivity (Wildman–Crippen MR) is 94.9 cm³/mol. The van der Waals surface area contributed by atoms with Crippen molar-refractivity contribution >= 4 is 5.82 Å². The van der Waals surface area contributed by atoms with Gasteiger partial charge in [-0.25, -0.2) is 0 Å². The summed E-state index contributed by atoms with van der Waals surface area (Å²) in [4.78, 5) is 14.4. The van der Waals surface area contributed by atoms with Gasteiger partial charge < -0.3 is 19.9 Å². The number of nitrogens with zero attached hydrogens (tertiary/aromatic N) is 4. The molecule has 1 N–H and O–H groups in total. The Bertz CT molecular complexity index is 573. The molecule has 2 saturated heterocycles. The van der Waals surface area contributed by atoms with Crippen LogP contribution in [0.2, 0.25) is 0 Å². The van der Waals surface area contributed by atoms with Gasteiger partial charge in [-0.1, -0.05) is 0 Å². The maximum absolute atomic E-state index is 6.05. The lowest BCUT2D eigenvalue weighted by molar-refractivity contribution is 0.187. The second-order valence-electron chi connectivity index (χ2n) is 7.29. The van der Waals surface area contributed by atoms with Crippen LogP contribution in [0.3, 0.4) is 0 Å². The first kappa shape index (κ1) is 16.1. The van der Waals surface area contributed by atoms with Crippen molar-refractivity contribution in [3.63, 3.8) is 0 Å². The molecular formula is C18H29N5O. The fourth-order valence-corrected chi connectivity index (χ4v) is 4.12. The average Bonchev–Trinajstić information content (AvgIpc) is 3.05. The summed E-state index contributed by atoms with van der Waals surface area (Å²) in [6.45, 7) is 5.98. The van der Waals surface area contributed by atoms with Crippen LogP contribution < -0.4 is 15.0 Å². The largest absolute Gasteiger partial charge is 0.462 e. The van der Waals surface area contributed by atoms with Crippen molar-refractivity contribution in [2.24, 2.45) is 0 Å². The summed E-state index contributed by atoms with van der Waals surface area (Å²) < 4.78 is 6.05. The van der Waals surface area contributed by atoms with Crippen LogP contribution in [-0.2, 0) is 12.8 Å². The third-order valence-corrected chi connectivity index (χ3v) is 5.63. The molecule has 3 aliphatic rings. The summed E-state index contributed by atoms with van der Waals surface area (Å²) in [5, 5.41) is 3.42. The first-order valence-corrected chi connectivity index (χ1v) is 9.50. The Morgan fingerprint density at radius 2 is 1.92 bits per heavy atom.